The van der Waals surface area contributed by atoms with Crippen molar-refractivity contribution in [2.45, 2.75) is 77.7 Å². The van der Waals surface area contributed by atoms with E-state index in [1.165, 1.54) is 0 Å². The molecule has 0 aromatic carbocycles. The molecule has 1 N–H and O–H groups in total. The largest absolute Gasteiger partial charge is 0.403 e. The highest BCUT2D eigenvalue weighted by Crippen LogP contribution is 2.39. The van der Waals surface area contributed by atoms with E-state index in [1.54, 1.807) is 0 Å². The Morgan fingerprint density at radius 3 is 2.11 bits per heavy atom. The SMILES string of the molecule is CCC(CC)[C@@H]1NC(=O)[C@@H]1O[Si](C)(C)C(C)(C)C. The van der Waals surface area contributed by atoms with Crippen molar-refractivity contribution in [3.05, 3.63) is 0 Å². The molecular weight excluding hydrogens is 242 g/mol. The van der Waals surface area contributed by atoms with Crippen molar-refractivity contribution in [3.63, 3.8) is 0 Å². The lowest BCUT2D eigenvalue weighted by Gasteiger charge is -2.47. The summed E-state index contributed by atoms with van der Waals surface area (Å²) >= 11 is 0. The summed E-state index contributed by atoms with van der Waals surface area (Å²) in [6, 6.07) is 0.224. The van der Waals surface area contributed by atoms with Gasteiger partial charge in [0.05, 0.1) is 6.04 Å². The lowest BCUT2D eigenvalue weighted by molar-refractivity contribution is -0.143. The van der Waals surface area contributed by atoms with E-state index in [4.69, 9.17) is 4.43 Å². The highest BCUT2D eigenvalue weighted by atomic mass is 28.4. The van der Waals surface area contributed by atoms with Gasteiger partial charge >= 0.3 is 0 Å². The molecule has 1 aliphatic heterocycles. The third kappa shape index (κ3) is 2.97. The standard InChI is InChI=1S/C14H29NO2Si/c1-8-10(9-2)11-12(13(16)15-11)17-18(6,7)14(3,4)5/h10-12H,8-9H2,1-7H3,(H,15,16)/t11-,12+/m0/s1. The zero-order valence-corrected chi connectivity index (χ0v) is 14.0. The molecule has 1 amide bonds. The van der Waals surface area contributed by atoms with Gasteiger partial charge in [0.1, 0.15) is 6.10 Å². The van der Waals surface area contributed by atoms with E-state index in [0.29, 0.717) is 5.92 Å². The van der Waals surface area contributed by atoms with Gasteiger partial charge in [0.2, 0.25) is 5.91 Å². The Morgan fingerprint density at radius 2 is 1.78 bits per heavy atom. The first kappa shape index (κ1) is 15.7. The van der Waals surface area contributed by atoms with E-state index in [2.05, 4.69) is 53.0 Å². The summed E-state index contributed by atoms with van der Waals surface area (Å²) in [5.41, 5.74) is 0. The van der Waals surface area contributed by atoms with E-state index in [-0.39, 0.29) is 23.1 Å². The molecule has 3 nitrogen and oxygen atoms in total. The monoisotopic (exact) mass is 271 g/mol. The molecule has 0 aromatic rings. The van der Waals surface area contributed by atoms with Gasteiger partial charge in [-0.1, -0.05) is 47.5 Å². The fourth-order valence-corrected chi connectivity index (χ4v) is 3.41. The number of β-lactam (4-membered cyclic amide) rings is 1. The zero-order valence-electron chi connectivity index (χ0n) is 13.0. The number of amides is 1. The maximum absolute atomic E-state index is 11.8. The maximum atomic E-state index is 11.8. The summed E-state index contributed by atoms with van der Waals surface area (Å²) in [5, 5.41) is 3.18. The van der Waals surface area contributed by atoms with Gasteiger partial charge in [-0.15, -0.1) is 0 Å². The van der Waals surface area contributed by atoms with E-state index in [9.17, 15) is 4.79 Å². The lowest BCUT2D eigenvalue weighted by atomic mass is 9.85. The van der Waals surface area contributed by atoms with Crippen molar-refractivity contribution in [1.82, 2.24) is 5.32 Å². The fourth-order valence-electron chi connectivity index (χ4n) is 2.17. The molecule has 0 spiro atoms. The number of carbonyl (C=O) groups is 1. The number of rotatable bonds is 5. The Balaban J connectivity index is 2.74. The zero-order chi connectivity index (χ0) is 14.1. The molecule has 1 saturated heterocycles. The topological polar surface area (TPSA) is 38.3 Å². The van der Waals surface area contributed by atoms with E-state index in [1.807, 2.05) is 0 Å². The van der Waals surface area contributed by atoms with Crippen molar-refractivity contribution in [1.29, 1.82) is 0 Å². The number of nitrogens with one attached hydrogen (secondary N) is 1. The van der Waals surface area contributed by atoms with Crippen molar-refractivity contribution in [2.24, 2.45) is 5.92 Å². The molecule has 0 bridgehead atoms. The number of carbonyl (C=O) groups excluding carboxylic acids is 1. The predicted octanol–water partition coefficient (Wildman–Crippen LogP) is 3.31. The van der Waals surface area contributed by atoms with Crippen LogP contribution >= 0.6 is 0 Å². The first-order valence-corrected chi connectivity index (χ1v) is 10.0. The summed E-state index contributed by atoms with van der Waals surface area (Å²) < 4.78 is 6.27. The van der Waals surface area contributed by atoms with Crippen molar-refractivity contribution in [2.75, 3.05) is 0 Å². The van der Waals surface area contributed by atoms with Crippen LogP contribution in [0.5, 0.6) is 0 Å². The summed E-state index contributed by atoms with van der Waals surface area (Å²) in [6.07, 6.45) is 1.98. The average Bonchev–Trinajstić information content (AvgIpc) is 2.25. The molecule has 1 rings (SSSR count). The molecule has 106 valence electrons. The Labute approximate surface area is 113 Å². The summed E-state index contributed by atoms with van der Waals surface area (Å²) in [6.45, 7) is 15.4. The van der Waals surface area contributed by atoms with Gasteiger partial charge in [-0.25, -0.2) is 0 Å². The minimum atomic E-state index is -1.85. The summed E-state index contributed by atoms with van der Waals surface area (Å²) in [5.74, 6) is 0.620. The number of hydrogen-bond acceptors (Lipinski definition) is 2. The second-order valence-electron chi connectivity index (χ2n) is 6.91. The number of hydrogen-bond donors (Lipinski definition) is 1. The summed E-state index contributed by atoms with van der Waals surface area (Å²) in [7, 11) is -1.85. The van der Waals surface area contributed by atoms with Gasteiger partial charge < -0.3 is 9.74 Å². The van der Waals surface area contributed by atoms with Crippen LogP contribution in [0.4, 0.5) is 0 Å². The molecule has 18 heavy (non-hydrogen) atoms. The molecule has 0 saturated carbocycles. The van der Waals surface area contributed by atoms with Gasteiger partial charge in [0.15, 0.2) is 8.32 Å². The molecule has 0 unspecified atom stereocenters. The van der Waals surface area contributed by atoms with E-state index in [0.717, 1.165) is 12.8 Å². The van der Waals surface area contributed by atoms with Crippen LogP contribution in [0.3, 0.4) is 0 Å². The molecule has 1 fully saturated rings. The highest BCUT2D eigenvalue weighted by molar-refractivity contribution is 6.74. The smallest absolute Gasteiger partial charge is 0.250 e. The third-order valence-corrected chi connectivity index (χ3v) is 9.13. The van der Waals surface area contributed by atoms with Gasteiger partial charge in [0, 0.05) is 0 Å². The second kappa shape index (κ2) is 5.33. The highest BCUT2D eigenvalue weighted by Gasteiger charge is 2.49. The van der Waals surface area contributed by atoms with E-state index >= 15 is 0 Å². The Morgan fingerprint density at radius 1 is 1.28 bits per heavy atom. The van der Waals surface area contributed by atoms with Crippen LogP contribution in [-0.2, 0) is 9.22 Å². The van der Waals surface area contributed by atoms with Crippen LogP contribution in [0.1, 0.15) is 47.5 Å². The minimum Gasteiger partial charge on any atom is -0.403 e. The summed E-state index contributed by atoms with van der Waals surface area (Å²) in [4.78, 5) is 11.8. The van der Waals surface area contributed by atoms with Crippen LogP contribution in [-0.4, -0.2) is 26.4 Å². The van der Waals surface area contributed by atoms with Crippen LogP contribution < -0.4 is 5.32 Å². The van der Waals surface area contributed by atoms with Gasteiger partial charge in [-0.2, -0.15) is 0 Å². The molecule has 1 heterocycles. The predicted molar refractivity (Wildman–Crippen MR) is 78.1 cm³/mol. The quantitative estimate of drug-likeness (QED) is 0.615. The van der Waals surface area contributed by atoms with Crippen molar-refractivity contribution in [3.8, 4) is 0 Å². The van der Waals surface area contributed by atoms with Crippen LogP contribution in [0.25, 0.3) is 0 Å². The Hall–Kier alpha value is -0.353. The van der Waals surface area contributed by atoms with E-state index < -0.39 is 8.32 Å². The molecule has 2 atom stereocenters. The van der Waals surface area contributed by atoms with Crippen LogP contribution in [0, 0.1) is 5.92 Å². The minimum absolute atomic E-state index is 0.0803. The molecule has 0 aliphatic carbocycles. The third-order valence-electron chi connectivity index (χ3n) is 4.68. The second-order valence-corrected chi connectivity index (χ2v) is 11.7. The van der Waals surface area contributed by atoms with Crippen molar-refractivity contribution >= 4 is 14.2 Å². The molecule has 0 radical (unpaired) electrons. The molecule has 4 heteroatoms. The Kier molecular flexibility index (Phi) is 4.65. The fraction of sp³-hybridized carbons (Fsp3) is 0.929. The van der Waals surface area contributed by atoms with Crippen LogP contribution in [0.15, 0.2) is 0 Å². The van der Waals surface area contributed by atoms with Crippen molar-refractivity contribution < 1.29 is 9.22 Å². The van der Waals surface area contributed by atoms with Gasteiger partial charge in [0.25, 0.3) is 0 Å². The normalized spacial score (nSPS) is 25.0. The molecular formula is C14H29NO2Si. The average molecular weight is 271 g/mol. The molecule has 1 aliphatic rings. The molecule has 0 aromatic heterocycles. The first-order valence-electron chi connectivity index (χ1n) is 7.12. The lowest BCUT2D eigenvalue weighted by Crippen LogP contribution is -2.68. The van der Waals surface area contributed by atoms with Gasteiger partial charge in [-0.05, 0) is 24.1 Å². The van der Waals surface area contributed by atoms with Crippen LogP contribution in [0.2, 0.25) is 18.1 Å². The maximum Gasteiger partial charge on any atom is 0.250 e. The Bertz CT molecular complexity index is 305. The first-order chi connectivity index (χ1) is 8.14. The van der Waals surface area contributed by atoms with Gasteiger partial charge in [-0.3, -0.25) is 4.79 Å².